The Hall–Kier alpha value is -2.76. The molecule has 0 radical (unpaired) electrons. The number of hydrogen-bond acceptors (Lipinski definition) is 6. The summed E-state index contributed by atoms with van der Waals surface area (Å²) in [5.74, 6) is 2.86. The maximum absolute atomic E-state index is 9.34. The molecular weight excluding hydrogens is 300 g/mol. The summed E-state index contributed by atoms with van der Waals surface area (Å²) in [5.41, 5.74) is 0. The lowest BCUT2D eigenvalue weighted by molar-refractivity contribution is 0.324. The molecule has 0 saturated heterocycles. The number of phenols is 1. The first kappa shape index (κ1) is 18.3. The van der Waals surface area contributed by atoms with Crippen molar-refractivity contribution < 1.29 is 28.8 Å². The quantitative estimate of drug-likeness (QED) is 0.912. The van der Waals surface area contributed by atoms with E-state index in [1.54, 1.807) is 39.5 Å². The van der Waals surface area contributed by atoms with Crippen molar-refractivity contribution in [1.82, 2.24) is 0 Å². The first-order chi connectivity index (χ1) is 11.1. The molecule has 0 atom stereocenters. The zero-order valence-corrected chi connectivity index (χ0v) is 14.0. The van der Waals surface area contributed by atoms with Gasteiger partial charge in [0.1, 0.15) is 0 Å². The van der Waals surface area contributed by atoms with Crippen molar-refractivity contribution in [3.05, 3.63) is 36.4 Å². The number of rotatable bonds is 5. The Morgan fingerprint density at radius 1 is 0.565 bits per heavy atom. The second kappa shape index (κ2) is 9.30. The van der Waals surface area contributed by atoms with Gasteiger partial charge in [-0.15, -0.1) is 0 Å². The predicted molar refractivity (Wildman–Crippen MR) is 87.3 cm³/mol. The Morgan fingerprint density at radius 3 is 1.22 bits per heavy atom. The lowest BCUT2D eigenvalue weighted by atomic mass is 10.3. The van der Waals surface area contributed by atoms with Crippen molar-refractivity contribution in [3.8, 4) is 34.5 Å². The molecule has 0 unspecified atom stereocenters. The summed E-state index contributed by atoms with van der Waals surface area (Å²) in [7, 11) is 7.76. The minimum Gasteiger partial charge on any atom is -0.502 e. The maximum atomic E-state index is 9.34. The van der Waals surface area contributed by atoms with Crippen molar-refractivity contribution in [2.24, 2.45) is 0 Å². The van der Waals surface area contributed by atoms with E-state index in [1.807, 2.05) is 18.2 Å². The van der Waals surface area contributed by atoms with Gasteiger partial charge in [0.15, 0.2) is 23.0 Å². The number of phenolic OH excluding ortho intramolecular Hbond substituents is 1. The van der Waals surface area contributed by atoms with Crippen LogP contribution in [0.15, 0.2) is 36.4 Å². The summed E-state index contributed by atoms with van der Waals surface area (Å²) in [4.78, 5) is 0. The van der Waals surface area contributed by atoms with Gasteiger partial charge in [0.05, 0.1) is 35.5 Å². The Balaban J connectivity index is 0.000000231. The molecule has 0 aliphatic carbocycles. The zero-order valence-electron chi connectivity index (χ0n) is 14.0. The third-order valence-electron chi connectivity index (χ3n) is 2.99. The van der Waals surface area contributed by atoms with Crippen LogP contribution in [0.3, 0.4) is 0 Å². The highest BCUT2D eigenvalue weighted by molar-refractivity contribution is 5.51. The number of hydrogen-bond donors (Lipinski definition) is 1. The van der Waals surface area contributed by atoms with E-state index in [9.17, 15) is 5.11 Å². The van der Waals surface area contributed by atoms with E-state index in [0.717, 1.165) is 0 Å². The molecule has 0 aliphatic rings. The molecule has 6 heteroatoms. The average Bonchev–Trinajstić information content (AvgIpc) is 2.61. The standard InChI is InChI=1S/C9H12O3.C8H10O3/c1-10-7-5-4-6-8(11-2)9(7)12-3;1-10-6-4-3-5-7(11-2)8(6)9/h4-6H,1-3H3;3-5,9H,1-2H3. The fourth-order valence-corrected chi connectivity index (χ4v) is 1.85. The molecule has 0 aromatic heterocycles. The monoisotopic (exact) mass is 322 g/mol. The minimum absolute atomic E-state index is 0.0394. The summed E-state index contributed by atoms with van der Waals surface area (Å²) in [6.45, 7) is 0. The van der Waals surface area contributed by atoms with Crippen LogP contribution in [-0.4, -0.2) is 40.7 Å². The summed E-state index contributed by atoms with van der Waals surface area (Å²) < 4.78 is 25.0. The van der Waals surface area contributed by atoms with E-state index in [0.29, 0.717) is 28.7 Å². The van der Waals surface area contributed by atoms with Crippen molar-refractivity contribution in [2.75, 3.05) is 35.5 Å². The van der Waals surface area contributed by atoms with Gasteiger partial charge in [-0.25, -0.2) is 0 Å². The van der Waals surface area contributed by atoms with Crippen LogP contribution in [0, 0.1) is 0 Å². The summed E-state index contributed by atoms with van der Waals surface area (Å²) in [6.07, 6.45) is 0. The van der Waals surface area contributed by atoms with Gasteiger partial charge >= 0.3 is 0 Å². The van der Waals surface area contributed by atoms with Gasteiger partial charge in [0.25, 0.3) is 0 Å². The Kier molecular flexibility index (Phi) is 7.39. The SMILES string of the molecule is COc1cccc(OC)c1O.COc1cccc(OC)c1OC. The van der Waals surface area contributed by atoms with Crippen LogP contribution in [0.25, 0.3) is 0 Å². The van der Waals surface area contributed by atoms with Crippen molar-refractivity contribution in [3.63, 3.8) is 0 Å². The van der Waals surface area contributed by atoms with E-state index in [4.69, 9.17) is 23.7 Å². The fraction of sp³-hybridized carbons (Fsp3) is 0.294. The summed E-state index contributed by atoms with van der Waals surface area (Å²) >= 11 is 0. The molecule has 0 amide bonds. The van der Waals surface area contributed by atoms with Crippen LogP contribution in [0.4, 0.5) is 0 Å². The van der Waals surface area contributed by atoms with Crippen LogP contribution < -0.4 is 23.7 Å². The lowest BCUT2D eigenvalue weighted by Gasteiger charge is -2.10. The smallest absolute Gasteiger partial charge is 0.203 e. The molecule has 0 bridgehead atoms. The molecule has 126 valence electrons. The predicted octanol–water partition coefficient (Wildman–Crippen LogP) is 3.12. The van der Waals surface area contributed by atoms with E-state index >= 15 is 0 Å². The molecule has 0 saturated carbocycles. The molecule has 2 aromatic carbocycles. The van der Waals surface area contributed by atoms with Gasteiger partial charge in [0, 0.05) is 0 Å². The van der Waals surface area contributed by atoms with Gasteiger partial charge in [-0.2, -0.15) is 0 Å². The Morgan fingerprint density at radius 2 is 0.913 bits per heavy atom. The molecule has 2 rings (SSSR count). The molecule has 0 aliphatic heterocycles. The number of para-hydroxylation sites is 2. The van der Waals surface area contributed by atoms with E-state index in [2.05, 4.69) is 0 Å². The maximum Gasteiger partial charge on any atom is 0.203 e. The highest BCUT2D eigenvalue weighted by atomic mass is 16.5. The molecule has 23 heavy (non-hydrogen) atoms. The number of benzene rings is 2. The largest absolute Gasteiger partial charge is 0.502 e. The van der Waals surface area contributed by atoms with Crippen molar-refractivity contribution in [1.29, 1.82) is 0 Å². The van der Waals surface area contributed by atoms with Crippen LogP contribution in [-0.2, 0) is 0 Å². The van der Waals surface area contributed by atoms with Crippen LogP contribution in [0.1, 0.15) is 0 Å². The highest BCUT2D eigenvalue weighted by Crippen LogP contribution is 2.36. The van der Waals surface area contributed by atoms with Gasteiger partial charge in [-0.3, -0.25) is 0 Å². The normalized spacial score (nSPS) is 9.26. The van der Waals surface area contributed by atoms with Gasteiger partial charge in [0.2, 0.25) is 11.5 Å². The van der Waals surface area contributed by atoms with Crippen LogP contribution >= 0.6 is 0 Å². The molecule has 0 spiro atoms. The summed E-state index contributed by atoms with van der Waals surface area (Å²) in [6, 6.07) is 10.6. The first-order valence-corrected chi connectivity index (χ1v) is 6.77. The second-order valence-electron chi connectivity index (χ2n) is 4.21. The van der Waals surface area contributed by atoms with Crippen molar-refractivity contribution in [2.45, 2.75) is 0 Å². The fourth-order valence-electron chi connectivity index (χ4n) is 1.85. The average molecular weight is 322 g/mol. The van der Waals surface area contributed by atoms with Gasteiger partial charge in [-0.05, 0) is 24.3 Å². The Labute approximate surface area is 136 Å². The van der Waals surface area contributed by atoms with Gasteiger partial charge in [-0.1, -0.05) is 12.1 Å². The number of ether oxygens (including phenoxy) is 5. The highest BCUT2D eigenvalue weighted by Gasteiger charge is 2.08. The first-order valence-electron chi connectivity index (χ1n) is 6.77. The molecule has 0 fully saturated rings. The van der Waals surface area contributed by atoms with E-state index in [1.165, 1.54) is 14.2 Å². The number of aromatic hydroxyl groups is 1. The molecule has 6 nitrogen and oxygen atoms in total. The van der Waals surface area contributed by atoms with E-state index in [-0.39, 0.29) is 5.75 Å². The molecule has 0 heterocycles. The zero-order chi connectivity index (χ0) is 17.2. The number of methoxy groups -OCH3 is 5. The lowest BCUT2D eigenvalue weighted by Crippen LogP contribution is -1.93. The van der Waals surface area contributed by atoms with Crippen molar-refractivity contribution >= 4 is 0 Å². The van der Waals surface area contributed by atoms with Crippen LogP contribution in [0.2, 0.25) is 0 Å². The third-order valence-corrected chi connectivity index (χ3v) is 2.99. The summed E-state index contributed by atoms with van der Waals surface area (Å²) in [5, 5.41) is 9.34. The molecular formula is C17H22O6. The van der Waals surface area contributed by atoms with Gasteiger partial charge < -0.3 is 28.8 Å². The molecule has 2 aromatic rings. The third kappa shape index (κ3) is 4.60. The Bertz CT molecular complexity index is 568. The topological polar surface area (TPSA) is 66.4 Å². The van der Waals surface area contributed by atoms with E-state index < -0.39 is 0 Å². The minimum atomic E-state index is 0.0394. The van der Waals surface area contributed by atoms with Crippen LogP contribution in [0.5, 0.6) is 34.5 Å². The molecule has 1 N–H and O–H groups in total. The second-order valence-corrected chi connectivity index (χ2v) is 4.21.